The minimum atomic E-state index is -0.505. The summed E-state index contributed by atoms with van der Waals surface area (Å²) >= 11 is 3.30. The molecular formula is C9H11BrN2O3. The van der Waals surface area contributed by atoms with E-state index in [4.69, 9.17) is 0 Å². The van der Waals surface area contributed by atoms with E-state index >= 15 is 0 Å². The Kier molecular flexibility index (Phi) is 4.02. The van der Waals surface area contributed by atoms with Crippen LogP contribution in [0.25, 0.3) is 0 Å². The molecule has 6 heteroatoms. The minimum Gasteiger partial charge on any atom is -0.309 e. The number of hydrogen-bond donors (Lipinski definition) is 0. The first-order chi connectivity index (χ1) is 7.04. The molecule has 1 atom stereocenters. The van der Waals surface area contributed by atoms with Crippen LogP contribution in [0.2, 0.25) is 0 Å². The van der Waals surface area contributed by atoms with E-state index in [1.807, 2.05) is 6.92 Å². The second-order valence-electron chi connectivity index (χ2n) is 3.39. The van der Waals surface area contributed by atoms with Crippen LogP contribution in [-0.2, 0) is 6.54 Å². The van der Waals surface area contributed by atoms with Crippen LogP contribution < -0.4 is 5.56 Å². The summed E-state index contributed by atoms with van der Waals surface area (Å²) in [7, 11) is 0. The monoisotopic (exact) mass is 274 g/mol. The Balaban J connectivity index is 3.00. The number of pyridine rings is 1. The topological polar surface area (TPSA) is 65.1 Å². The highest BCUT2D eigenvalue weighted by atomic mass is 79.9. The number of hydrogen-bond acceptors (Lipinski definition) is 3. The Morgan fingerprint density at radius 3 is 2.80 bits per heavy atom. The molecule has 5 nitrogen and oxygen atoms in total. The summed E-state index contributed by atoms with van der Waals surface area (Å²) in [6.45, 7) is 2.44. The zero-order valence-electron chi connectivity index (χ0n) is 8.22. The van der Waals surface area contributed by atoms with Crippen LogP contribution in [0.1, 0.15) is 6.92 Å². The van der Waals surface area contributed by atoms with Gasteiger partial charge in [-0.3, -0.25) is 14.9 Å². The van der Waals surface area contributed by atoms with Gasteiger partial charge in [-0.05, 0) is 5.92 Å². The number of nitro groups is 1. The van der Waals surface area contributed by atoms with Crippen molar-refractivity contribution in [2.24, 2.45) is 5.92 Å². The Labute approximate surface area is 95.0 Å². The Hall–Kier alpha value is -1.17. The molecule has 0 N–H and O–H groups in total. The van der Waals surface area contributed by atoms with Crippen molar-refractivity contribution in [3.05, 3.63) is 38.8 Å². The van der Waals surface area contributed by atoms with Crippen molar-refractivity contribution in [1.82, 2.24) is 4.57 Å². The predicted molar refractivity (Wildman–Crippen MR) is 60.3 cm³/mol. The molecule has 0 radical (unpaired) electrons. The minimum absolute atomic E-state index is 0.0589. The van der Waals surface area contributed by atoms with E-state index < -0.39 is 4.92 Å². The first kappa shape index (κ1) is 11.9. The van der Waals surface area contributed by atoms with E-state index in [1.54, 1.807) is 0 Å². The van der Waals surface area contributed by atoms with Crippen LogP contribution in [0.5, 0.6) is 0 Å². The van der Waals surface area contributed by atoms with Gasteiger partial charge in [-0.15, -0.1) is 0 Å². The molecule has 15 heavy (non-hydrogen) atoms. The molecule has 82 valence electrons. The van der Waals surface area contributed by atoms with Crippen LogP contribution in [0.15, 0.2) is 23.1 Å². The molecule has 1 heterocycles. The zero-order chi connectivity index (χ0) is 11.4. The summed E-state index contributed by atoms with van der Waals surface area (Å²) in [4.78, 5) is 21.4. The fourth-order valence-corrected chi connectivity index (χ4v) is 1.36. The second kappa shape index (κ2) is 5.06. The molecule has 0 aliphatic heterocycles. The highest BCUT2D eigenvalue weighted by Gasteiger charge is 2.09. The Morgan fingerprint density at radius 1 is 1.60 bits per heavy atom. The van der Waals surface area contributed by atoms with Crippen LogP contribution in [0.4, 0.5) is 5.69 Å². The molecule has 1 aromatic heterocycles. The smallest absolute Gasteiger partial charge is 0.285 e. The maximum absolute atomic E-state index is 11.4. The summed E-state index contributed by atoms with van der Waals surface area (Å²) in [5.74, 6) is 0.254. The third-order valence-corrected chi connectivity index (χ3v) is 3.06. The van der Waals surface area contributed by atoms with Gasteiger partial charge in [-0.2, -0.15) is 0 Å². The summed E-state index contributed by atoms with van der Waals surface area (Å²) in [5, 5.41) is 11.3. The van der Waals surface area contributed by atoms with Gasteiger partial charge in [0.15, 0.2) is 0 Å². The SMILES string of the molecule is CC(CBr)Cn1cc([N+](=O)[O-])ccc1=O. The number of aromatic nitrogens is 1. The van der Waals surface area contributed by atoms with Gasteiger partial charge in [-0.25, -0.2) is 0 Å². The molecule has 0 saturated carbocycles. The molecule has 0 aliphatic rings. The fraction of sp³-hybridized carbons (Fsp3) is 0.444. The standard InChI is InChI=1S/C9H11BrN2O3/c1-7(4-10)5-11-6-8(12(14)15)2-3-9(11)13/h2-3,6-7H,4-5H2,1H3. The van der Waals surface area contributed by atoms with Crippen molar-refractivity contribution in [2.75, 3.05) is 5.33 Å². The van der Waals surface area contributed by atoms with E-state index in [1.165, 1.54) is 22.9 Å². The molecule has 0 amide bonds. The van der Waals surface area contributed by atoms with E-state index in [9.17, 15) is 14.9 Å². The van der Waals surface area contributed by atoms with E-state index in [0.29, 0.717) is 6.54 Å². The molecule has 0 fully saturated rings. The maximum Gasteiger partial charge on any atom is 0.285 e. The van der Waals surface area contributed by atoms with Crippen molar-refractivity contribution in [3.63, 3.8) is 0 Å². The number of nitrogens with zero attached hydrogens (tertiary/aromatic N) is 2. The highest BCUT2D eigenvalue weighted by molar-refractivity contribution is 9.09. The van der Waals surface area contributed by atoms with Crippen molar-refractivity contribution in [3.8, 4) is 0 Å². The third kappa shape index (κ3) is 3.16. The summed E-state index contributed by atoms with van der Waals surface area (Å²) in [6, 6.07) is 2.44. The normalized spacial score (nSPS) is 12.4. The highest BCUT2D eigenvalue weighted by Crippen LogP contribution is 2.09. The quantitative estimate of drug-likeness (QED) is 0.478. The van der Waals surface area contributed by atoms with Gasteiger partial charge in [0, 0.05) is 24.0 Å². The van der Waals surface area contributed by atoms with Gasteiger partial charge >= 0.3 is 0 Å². The molecule has 1 aromatic rings. The average Bonchev–Trinajstić information content (AvgIpc) is 2.20. The molecular weight excluding hydrogens is 264 g/mol. The van der Waals surface area contributed by atoms with Crippen molar-refractivity contribution >= 4 is 21.6 Å². The summed E-state index contributed by atoms with van der Waals surface area (Å²) in [5.41, 5.74) is -0.273. The van der Waals surface area contributed by atoms with Gasteiger partial charge in [-0.1, -0.05) is 22.9 Å². The molecule has 0 saturated heterocycles. The summed E-state index contributed by atoms with van der Waals surface area (Å²) in [6.07, 6.45) is 1.28. The van der Waals surface area contributed by atoms with Gasteiger partial charge in [0.1, 0.15) is 0 Å². The maximum atomic E-state index is 11.4. The number of rotatable bonds is 4. The van der Waals surface area contributed by atoms with Gasteiger partial charge in [0.05, 0.1) is 11.1 Å². The lowest BCUT2D eigenvalue weighted by atomic mass is 10.2. The largest absolute Gasteiger partial charge is 0.309 e. The molecule has 0 bridgehead atoms. The number of halogens is 1. The van der Waals surface area contributed by atoms with Gasteiger partial charge in [0.2, 0.25) is 0 Å². The van der Waals surface area contributed by atoms with Crippen LogP contribution in [-0.4, -0.2) is 14.8 Å². The molecule has 1 rings (SSSR count). The average molecular weight is 275 g/mol. The molecule has 0 aromatic carbocycles. The molecule has 1 unspecified atom stereocenters. The Bertz CT molecular complexity index is 416. The van der Waals surface area contributed by atoms with E-state index in [2.05, 4.69) is 15.9 Å². The number of alkyl halides is 1. The zero-order valence-corrected chi connectivity index (χ0v) is 9.81. The van der Waals surface area contributed by atoms with Gasteiger partial charge < -0.3 is 4.57 Å². The fourth-order valence-electron chi connectivity index (χ4n) is 1.15. The van der Waals surface area contributed by atoms with Crippen LogP contribution in [0.3, 0.4) is 0 Å². The second-order valence-corrected chi connectivity index (χ2v) is 4.04. The predicted octanol–water partition coefficient (Wildman–Crippen LogP) is 1.79. The molecule has 0 spiro atoms. The van der Waals surface area contributed by atoms with Crippen molar-refractivity contribution in [2.45, 2.75) is 13.5 Å². The third-order valence-electron chi connectivity index (χ3n) is 1.95. The Morgan fingerprint density at radius 2 is 2.27 bits per heavy atom. The lowest BCUT2D eigenvalue weighted by Crippen LogP contribution is -2.22. The van der Waals surface area contributed by atoms with Crippen LogP contribution >= 0.6 is 15.9 Å². The van der Waals surface area contributed by atoms with Gasteiger partial charge in [0.25, 0.3) is 11.2 Å². The first-order valence-electron chi connectivity index (χ1n) is 4.45. The lowest BCUT2D eigenvalue weighted by Gasteiger charge is -2.09. The summed E-state index contributed by atoms with van der Waals surface area (Å²) < 4.78 is 1.37. The van der Waals surface area contributed by atoms with E-state index in [0.717, 1.165) is 5.33 Å². The van der Waals surface area contributed by atoms with E-state index in [-0.39, 0.29) is 17.2 Å². The van der Waals surface area contributed by atoms with Crippen molar-refractivity contribution < 1.29 is 4.92 Å². The van der Waals surface area contributed by atoms with Crippen molar-refractivity contribution in [1.29, 1.82) is 0 Å². The molecule has 0 aliphatic carbocycles. The lowest BCUT2D eigenvalue weighted by molar-refractivity contribution is -0.385. The van der Waals surface area contributed by atoms with Crippen LogP contribution in [0, 0.1) is 16.0 Å². The first-order valence-corrected chi connectivity index (χ1v) is 5.57.